The summed E-state index contributed by atoms with van der Waals surface area (Å²) in [6.45, 7) is 4.02. The van der Waals surface area contributed by atoms with Gasteiger partial charge in [-0.2, -0.15) is 5.10 Å². The molecule has 0 aliphatic rings. The normalized spacial score (nSPS) is 10.6. The van der Waals surface area contributed by atoms with Crippen LogP contribution in [0.3, 0.4) is 0 Å². The molecule has 2 heterocycles. The van der Waals surface area contributed by atoms with Gasteiger partial charge < -0.3 is 10.6 Å². The molecule has 0 aliphatic heterocycles. The average Bonchev–Trinajstić information content (AvgIpc) is 2.55. The summed E-state index contributed by atoms with van der Waals surface area (Å²) >= 11 is 5.09. The lowest BCUT2D eigenvalue weighted by Gasteiger charge is -2.05. The van der Waals surface area contributed by atoms with Gasteiger partial charge in [0.15, 0.2) is 16.6 Å². The summed E-state index contributed by atoms with van der Waals surface area (Å²) in [5.41, 5.74) is 2.99. The average molecular weight is 249 g/mol. The molecule has 0 fully saturated rings. The number of rotatable bonds is 1. The lowest BCUT2D eigenvalue weighted by Crippen LogP contribution is -2.24. The van der Waals surface area contributed by atoms with Gasteiger partial charge in [-0.3, -0.25) is 0 Å². The van der Waals surface area contributed by atoms with E-state index in [4.69, 9.17) is 12.2 Å². The molecule has 2 aromatic rings. The molecular formula is C11H15N5S. The maximum atomic E-state index is 5.09. The Bertz CT molecular complexity index is 587. The molecule has 6 heteroatoms. The van der Waals surface area contributed by atoms with Crippen LogP contribution < -0.4 is 10.6 Å². The van der Waals surface area contributed by atoms with Gasteiger partial charge in [-0.25, -0.2) is 9.67 Å². The van der Waals surface area contributed by atoms with Crippen molar-refractivity contribution in [2.24, 2.45) is 7.05 Å². The van der Waals surface area contributed by atoms with Crippen molar-refractivity contribution in [1.82, 2.24) is 20.1 Å². The van der Waals surface area contributed by atoms with Crippen molar-refractivity contribution in [3.8, 4) is 0 Å². The van der Waals surface area contributed by atoms with E-state index in [1.54, 1.807) is 11.7 Å². The summed E-state index contributed by atoms with van der Waals surface area (Å²) in [5.74, 6) is 0.742. The second-order valence-corrected chi connectivity index (χ2v) is 4.36. The quantitative estimate of drug-likeness (QED) is 0.750. The molecule has 17 heavy (non-hydrogen) atoms. The minimum atomic E-state index is 0.546. The van der Waals surface area contributed by atoms with Crippen molar-refractivity contribution in [1.29, 1.82) is 0 Å². The zero-order valence-corrected chi connectivity index (χ0v) is 11.1. The zero-order valence-electron chi connectivity index (χ0n) is 10.3. The number of hydrogen-bond donors (Lipinski definition) is 2. The topological polar surface area (TPSA) is 54.8 Å². The lowest BCUT2D eigenvalue weighted by molar-refractivity contribution is 0.788. The molecule has 0 atom stereocenters. The van der Waals surface area contributed by atoms with Gasteiger partial charge in [0.1, 0.15) is 0 Å². The number of thiocarbonyl (C=S) groups is 1. The van der Waals surface area contributed by atoms with Crippen molar-refractivity contribution in [3.05, 3.63) is 17.3 Å². The van der Waals surface area contributed by atoms with Gasteiger partial charge in [-0.15, -0.1) is 0 Å². The minimum Gasteiger partial charge on any atom is -0.365 e. The molecule has 2 rings (SSSR count). The Balaban J connectivity index is 2.62. The predicted octanol–water partition coefficient (Wildman–Crippen LogP) is 1.50. The van der Waals surface area contributed by atoms with E-state index in [2.05, 4.69) is 20.7 Å². The van der Waals surface area contributed by atoms with Crippen LogP contribution in [0.2, 0.25) is 0 Å². The summed E-state index contributed by atoms with van der Waals surface area (Å²) in [5, 5.41) is 11.9. The van der Waals surface area contributed by atoms with E-state index in [-0.39, 0.29) is 0 Å². The SMILES string of the molecule is CNC(=S)Nc1nn(C)c2nc(C)cc(C)c12. The van der Waals surface area contributed by atoms with E-state index >= 15 is 0 Å². The van der Waals surface area contributed by atoms with Gasteiger partial charge in [0.2, 0.25) is 0 Å². The Morgan fingerprint density at radius 1 is 1.41 bits per heavy atom. The molecule has 0 aromatic carbocycles. The number of pyridine rings is 1. The molecule has 0 amide bonds. The number of fused-ring (bicyclic) bond motifs is 1. The molecule has 2 aromatic heterocycles. The van der Waals surface area contributed by atoms with E-state index in [0.29, 0.717) is 5.11 Å². The van der Waals surface area contributed by atoms with Gasteiger partial charge >= 0.3 is 0 Å². The van der Waals surface area contributed by atoms with Crippen LogP contribution >= 0.6 is 12.2 Å². The maximum absolute atomic E-state index is 5.09. The Morgan fingerprint density at radius 3 is 2.76 bits per heavy atom. The third-order valence-electron chi connectivity index (χ3n) is 2.58. The summed E-state index contributed by atoms with van der Waals surface area (Å²) < 4.78 is 1.76. The fourth-order valence-electron chi connectivity index (χ4n) is 1.85. The summed E-state index contributed by atoms with van der Waals surface area (Å²) in [7, 11) is 3.65. The first kappa shape index (κ1) is 11.8. The molecule has 90 valence electrons. The highest BCUT2D eigenvalue weighted by Gasteiger charge is 2.13. The van der Waals surface area contributed by atoms with E-state index in [1.165, 1.54) is 0 Å². The third kappa shape index (κ3) is 2.08. The first-order valence-electron chi connectivity index (χ1n) is 5.32. The molecule has 0 spiro atoms. The van der Waals surface area contributed by atoms with Crippen molar-refractivity contribution in [2.45, 2.75) is 13.8 Å². The standard InChI is InChI=1S/C11H15N5S/c1-6-5-7(2)13-10-8(6)9(15-16(10)4)14-11(17)12-3/h5H,1-4H3,(H2,12,14,15,17). The first-order valence-corrected chi connectivity index (χ1v) is 5.73. The van der Waals surface area contributed by atoms with Gasteiger partial charge in [0.25, 0.3) is 0 Å². The Hall–Kier alpha value is -1.69. The van der Waals surface area contributed by atoms with Crippen LogP contribution in [0.25, 0.3) is 11.0 Å². The predicted molar refractivity (Wildman–Crippen MR) is 73.3 cm³/mol. The number of anilines is 1. The van der Waals surface area contributed by atoms with Crippen LogP contribution in [-0.2, 0) is 7.05 Å². The molecule has 5 nitrogen and oxygen atoms in total. The smallest absolute Gasteiger partial charge is 0.171 e. The molecule has 2 N–H and O–H groups in total. The monoisotopic (exact) mass is 249 g/mol. The summed E-state index contributed by atoms with van der Waals surface area (Å²) in [6.07, 6.45) is 0. The van der Waals surface area contributed by atoms with Gasteiger partial charge in [-0.05, 0) is 37.7 Å². The number of hydrogen-bond acceptors (Lipinski definition) is 3. The van der Waals surface area contributed by atoms with Gasteiger partial charge in [0, 0.05) is 19.8 Å². The Labute approximate surface area is 105 Å². The summed E-state index contributed by atoms with van der Waals surface area (Å²) in [6, 6.07) is 2.04. The number of aryl methyl sites for hydroxylation is 3. The molecular weight excluding hydrogens is 234 g/mol. The third-order valence-corrected chi connectivity index (χ3v) is 2.88. The van der Waals surface area contributed by atoms with Gasteiger partial charge in [-0.1, -0.05) is 0 Å². The van der Waals surface area contributed by atoms with E-state index < -0.39 is 0 Å². The van der Waals surface area contributed by atoms with Crippen molar-refractivity contribution >= 4 is 34.2 Å². The Kier molecular flexibility index (Phi) is 2.97. The van der Waals surface area contributed by atoms with E-state index in [9.17, 15) is 0 Å². The van der Waals surface area contributed by atoms with Crippen LogP contribution in [0.5, 0.6) is 0 Å². The highest BCUT2D eigenvalue weighted by atomic mass is 32.1. The second kappa shape index (κ2) is 4.29. The fraction of sp³-hybridized carbons (Fsp3) is 0.364. The molecule has 0 unspecified atom stereocenters. The van der Waals surface area contributed by atoms with Crippen LogP contribution in [0.1, 0.15) is 11.3 Å². The van der Waals surface area contributed by atoms with Crippen molar-refractivity contribution in [3.63, 3.8) is 0 Å². The highest BCUT2D eigenvalue weighted by Crippen LogP contribution is 2.24. The first-order chi connectivity index (χ1) is 8.02. The van der Waals surface area contributed by atoms with Crippen LogP contribution in [0.4, 0.5) is 5.82 Å². The maximum Gasteiger partial charge on any atom is 0.171 e. The molecule has 0 bridgehead atoms. The number of nitrogens with zero attached hydrogens (tertiary/aromatic N) is 3. The lowest BCUT2D eigenvalue weighted by atomic mass is 10.2. The van der Waals surface area contributed by atoms with Crippen LogP contribution in [0.15, 0.2) is 6.07 Å². The van der Waals surface area contributed by atoms with E-state index in [0.717, 1.165) is 28.1 Å². The number of aromatic nitrogens is 3. The van der Waals surface area contributed by atoms with Gasteiger partial charge in [0.05, 0.1) is 5.39 Å². The Morgan fingerprint density at radius 2 is 2.12 bits per heavy atom. The van der Waals surface area contributed by atoms with Crippen molar-refractivity contribution < 1.29 is 0 Å². The summed E-state index contributed by atoms with van der Waals surface area (Å²) in [4.78, 5) is 4.49. The molecule has 0 aliphatic carbocycles. The van der Waals surface area contributed by atoms with Crippen LogP contribution in [-0.4, -0.2) is 26.9 Å². The largest absolute Gasteiger partial charge is 0.365 e. The second-order valence-electron chi connectivity index (χ2n) is 3.96. The fourth-order valence-corrected chi connectivity index (χ4v) is 1.95. The zero-order chi connectivity index (χ0) is 12.6. The molecule has 0 saturated heterocycles. The van der Waals surface area contributed by atoms with E-state index in [1.807, 2.05) is 27.0 Å². The highest BCUT2D eigenvalue weighted by molar-refractivity contribution is 7.80. The van der Waals surface area contributed by atoms with Crippen molar-refractivity contribution in [2.75, 3.05) is 12.4 Å². The molecule has 0 saturated carbocycles. The number of nitrogens with one attached hydrogen (secondary N) is 2. The molecule has 0 radical (unpaired) electrons. The minimum absolute atomic E-state index is 0.546. The van der Waals surface area contributed by atoms with Crippen LogP contribution in [0, 0.1) is 13.8 Å².